The predicted octanol–water partition coefficient (Wildman–Crippen LogP) is 3.47. The highest BCUT2D eigenvalue weighted by Crippen LogP contribution is 2.18. The van der Waals surface area contributed by atoms with Crippen molar-refractivity contribution in [3.63, 3.8) is 0 Å². The molecule has 1 N–H and O–H groups in total. The number of nitrogens with zero attached hydrogens (tertiary/aromatic N) is 2. The van der Waals surface area contributed by atoms with Gasteiger partial charge in [-0.25, -0.2) is 0 Å². The molecule has 3 rings (SSSR count). The minimum Gasteiger partial charge on any atom is -0.481 e. The number of rotatable bonds is 8. The van der Waals surface area contributed by atoms with E-state index in [4.69, 9.17) is 4.74 Å². The van der Waals surface area contributed by atoms with Crippen LogP contribution in [0.1, 0.15) is 31.4 Å². The number of nitrogens with one attached hydrogen (secondary N) is 1. The Morgan fingerprint density at radius 1 is 0.966 bits per heavy atom. The van der Waals surface area contributed by atoms with E-state index in [0.29, 0.717) is 13.0 Å². The van der Waals surface area contributed by atoms with Gasteiger partial charge in [-0.15, -0.1) is 0 Å². The maximum absolute atomic E-state index is 12.6. The van der Waals surface area contributed by atoms with Gasteiger partial charge >= 0.3 is 0 Å². The van der Waals surface area contributed by atoms with Gasteiger partial charge in [0.1, 0.15) is 5.75 Å². The Morgan fingerprint density at radius 2 is 1.59 bits per heavy atom. The number of likely N-dealkylation sites (N-methyl/N-ethyl adjacent to an activating group) is 1. The summed E-state index contributed by atoms with van der Waals surface area (Å²) in [5.41, 5.74) is 3.60. The molecule has 1 fully saturated rings. The highest BCUT2D eigenvalue weighted by Gasteiger charge is 2.18. The number of hydrogen-bond donors (Lipinski definition) is 1. The third-order valence-corrected chi connectivity index (χ3v) is 5.54. The van der Waals surface area contributed by atoms with Crippen LogP contribution in [0.3, 0.4) is 0 Å². The van der Waals surface area contributed by atoms with Crippen molar-refractivity contribution in [3.05, 3.63) is 59.7 Å². The normalized spacial score (nSPS) is 15.8. The minimum absolute atomic E-state index is 0.0739. The lowest BCUT2D eigenvalue weighted by Gasteiger charge is -2.34. The Balaban J connectivity index is 1.50. The zero-order valence-corrected chi connectivity index (χ0v) is 17.9. The molecule has 0 unspecified atom stereocenters. The number of piperazine rings is 1. The Morgan fingerprint density at radius 3 is 2.17 bits per heavy atom. The first-order valence-corrected chi connectivity index (χ1v) is 10.6. The van der Waals surface area contributed by atoms with Gasteiger partial charge in [0.25, 0.3) is 5.91 Å². The summed E-state index contributed by atoms with van der Waals surface area (Å²) < 4.78 is 5.90. The van der Waals surface area contributed by atoms with Gasteiger partial charge in [0.05, 0.1) is 0 Å². The molecule has 1 heterocycles. The Bertz CT molecular complexity index is 766. The summed E-state index contributed by atoms with van der Waals surface area (Å²) in [6.45, 7) is 8.90. The number of hydrogen-bond acceptors (Lipinski definition) is 4. The van der Waals surface area contributed by atoms with Crippen LogP contribution in [0.4, 0.5) is 5.69 Å². The first-order chi connectivity index (χ1) is 14.1. The molecule has 2 aromatic carbocycles. The van der Waals surface area contributed by atoms with Crippen LogP contribution < -0.4 is 15.0 Å². The molecule has 0 bridgehead atoms. The van der Waals surface area contributed by atoms with E-state index in [9.17, 15) is 4.79 Å². The largest absolute Gasteiger partial charge is 0.481 e. The average molecular weight is 396 g/mol. The van der Waals surface area contributed by atoms with Crippen LogP contribution >= 0.6 is 0 Å². The number of amides is 1. The Labute approximate surface area is 174 Å². The smallest absolute Gasteiger partial charge is 0.261 e. The van der Waals surface area contributed by atoms with Crippen LogP contribution in [-0.4, -0.2) is 50.1 Å². The first-order valence-electron chi connectivity index (χ1n) is 10.6. The highest BCUT2D eigenvalue weighted by molar-refractivity contribution is 5.81. The molecule has 1 saturated heterocycles. The number of aryl methyl sites for hydroxylation is 1. The number of anilines is 1. The molecule has 156 valence electrons. The number of carbonyl (C=O) groups is 1. The SMILES string of the molecule is CCc1ccc(O[C@H](CC)C(=O)NCc2ccc(N3CCN(C)CC3)cc2)cc1. The molecule has 29 heavy (non-hydrogen) atoms. The fourth-order valence-corrected chi connectivity index (χ4v) is 3.48. The number of ether oxygens (including phenoxy) is 1. The summed E-state index contributed by atoms with van der Waals surface area (Å²) in [6, 6.07) is 16.5. The molecule has 0 aromatic heterocycles. The summed E-state index contributed by atoms with van der Waals surface area (Å²) in [7, 11) is 2.16. The molecule has 1 atom stereocenters. The molecule has 2 aromatic rings. The van der Waals surface area contributed by atoms with Crippen molar-refractivity contribution in [2.75, 3.05) is 38.1 Å². The fourth-order valence-electron chi connectivity index (χ4n) is 3.48. The zero-order valence-electron chi connectivity index (χ0n) is 17.9. The second-order valence-electron chi connectivity index (χ2n) is 7.69. The van der Waals surface area contributed by atoms with Crippen molar-refractivity contribution in [1.29, 1.82) is 0 Å². The van der Waals surface area contributed by atoms with E-state index in [1.807, 2.05) is 31.2 Å². The van der Waals surface area contributed by atoms with Gasteiger partial charge in [0.2, 0.25) is 0 Å². The zero-order chi connectivity index (χ0) is 20.6. The second kappa shape index (κ2) is 10.3. The monoisotopic (exact) mass is 395 g/mol. The van der Waals surface area contributed by atoms with E-state index in [2.05, 4.69) is 53.4 Å². The van der Waals surface area contributed by atoms with Crippen molar-refractivity contribution in [2.45, 2.75) is 39.3 Å². The van der Waals surface area contributed by atoms with Gasteiger partial charge < -0.3 is 19.9 Å². The lowest BCUT2D eigenvalue weighted by Crippen LogP contribution is -2.44. The molecule has 0 radical (unpaired) electrons. The molecular weight excluding hydrogens is 362 g/mol. The summed E-state index contributed by atoms with van der Waals surface area (Å²) in [5, 5.41) is 3.01. The summed E-state index contributed by atoms with van der Waals surface area (Å²) >= 11 is 0. The lowest BCUT2D eigenvalue weighted by atomic mass is 10.1. The van der Waals surface area contributed by atoms with Gasteiger partial charge in [-0.05, 0) is 55.3 Å². The second-order valence-corrected chi connectivity index (χ2v) is 7.69. The average Bonchev–Trinajstić information content (AvgIpc) is 2.77. The quantitative estimate of drug-likeness (QED) is 0.743. The Hall–Kier alpha value is -2.53. The van der Waals surface area contributed by atoms with E-state index < -0.39 is 6.10 Å². The minimum atomic E-state index is -0.480. The summed E-state index contributed by atoms with van der Waals surface area (Å²) in [4.78, 5) is 17.3. The van der Waals surface area contributed by atoms with Crippen LogP contribution in [0.5, 0.6) is 5.75 Å². The molecular formula is C24H33N3O2. The van der Waals surface area contributed by atoms with Crippen LogP contribution in [-0.2, 0) is 17.8 Å². The lowest BCUT2D eigenvalue weighted by molar-refractivity contribution is -0.128. The maximum atomic E-state index is 12.6. The van der Waals surface area contributed by atoms with E-state index in [1.54, 1.807) is 0 Å². The van der Waals surface area contributed by atoms with Crippen molar-refractivity contribution in [3.8, 4) is 5.75 Å². The molecule has 1 amide bonds. The van der Waals surface area contributed by atoms with Crippen LogP contribution in [0.15, 0.2) is 48.5 Å². The molecule has 5 heteroatoms. The molecule has 1 aliphatic rings. The van der Waals surface area contributed by atoms with Gasteiger partial charge in [0, 0.05) is 38.4 Å². The highest BCUT2D eigenvalue weighted by atomic mass is 16.5. The van der Waals surface area contributed by atoms with Gasteiger partial charge in [-0.3, -0.25) is 4.79 Å². The van der Waals surface area contributed by atoms with Crippen LogP contribution in [0.2, 0.25) is 0 Å². The summed E-state index contributed by atoms with van der Waals surface area (Å²) in [6.07, 6.45) is 1.14. The molecule has 0 aliphatic carbocycles. The van der Waals surface area contributed by atoms with Crippen molar-refractivity contribution in [1.82, 2.24) is 10.2 Å². The third-order valence-electron chi connectivity index (χ3n) is 5.54. The first kappa shape index (κ1) is 21.2. The van der Waals surface area contributed by atoms with E-state index >= 15 is 0 Å². The molecule has 0 spiro atoms. The van der Waals surface area contributed by atoms with Gasteiger partial charge in [-0.2, -0.15) is 0 Å². The van der Waals surface area contributed by atoms with Gasteiger partial charge in [0.15, 0.2) is 6.10 Å². The van der Waals surface area contributed by atoms with Crippen LogP contribution in [0.25, 0.3) is 0 Å². The fraction of sp³-hybridized carbons (Fsp3) is 0.458. The number of carbonyl (C=O) groups excluding carboxylic acids is 1. The topological polar surface area (TPSA) is 44.8 Å². The van der Waals surface area contributed by atoms with Gasteiger partial charge in [-0.1, -0.05) is 38.1 Å². The maximum Gasteiger partial charge on any atom is 0.261 e. The molecule has 0 saturated carbocycles. The third kappa shape index (κ3) is 5.97. The predicted molar refractivity (Wildman–Crippen MR) is 119 cm³/mol. The molecule has 5 nitrogen and oxygen atoms in total. The van der Waals surface area contributed by atoms with E-state index in [1.165, 1.54) is 11.3 Å². The van der Waals surface area contributed by atoms with E-state index in [0.717, 1.165) is 43.9 Å². The van der Waals surface area contributed by atoms with Crippen LogP contribution in [0, 0.1) is 0 Å². The Kier molecular flexibility index (Phi) is 7.53. The standard InChI is InChI=1S/C24H33N3O2/c1-4-19-8-12-22(13-9-19)29-23(5-2)24(28)25-18-20-6-10-21(11-7-20)27-16-14-26(3)15-17-27/h6-13,23H,4-5,14-18H2,1-3H3,(H,25,28)/t23-/m1/s1. The van der Waals surface area contributed by atoms with Crippen molar-refractivity contribution >= 4 is 11.6 Å². The van der Waals surface area contributed by atoms with E-state index in [-0.39, 0.29) is 5.91 Å². The number of benzene rings is 2. The van der Waals surface area contributed by atoms with Crippen molar-refractivity contribution in [2.24, 2.45) is 0 Å². The van der Waals surface area contributed by atoms with Crippen molar-refractivity contribution < 1.29 is 9.53 Å². The summed E-state index contributed by atoms with van der Waals surface area (Å²) in [5.74, 6) is 0.663. The molecule has 1 aliphatic heterocycles.